The molecule has 176 valence electrons. The fourth-order valence-electron chi connectivity index (χ4n) is 3.53. The molecule has 0 bridgehead atoms. The molecule has 0 aliphatic carbocycles. The van der Waals surface area contributed by atoms with E-state index >= 15 is 0 Å². The Hall–Kier alpha value is -4.46. The van der Waals surface area contributed by atoms with E-state index in [2.05, 4.69) is 12.1 Å². The minimum absolute atomic E-state index is 0.140. The normalized spacial score (nSPS) is 11.6. The second-order valence-corrected chi connectivity index (χ2v) is 8.98. The highest BCUT2D eigenvalue weighted by Crippen LogP contribution is 2.27. The first kappa shape index (κ1) is 25.2. The first-order chi connectivity index (χ1) is 16.6. The van der Waals surface area contributed by atoms with Crippen molar-refractivity contribution < 1.29 is 14.3 Å². The molecule has 3 aromatic rings. The van der Waals surface area contributed by atoms with Crippen molar-refractivity contribution >= 4 is 17.7 Å². The van der Waals surface area contributed by atoms with Crippen LogP contribution in [0.25, 0.3) is 11.1 Å². The van der Waals surface area contributed by atoms with Crippen molar-refractivity contribution in [2.45, 2.75) is 38.8 Å². The minimum Gasteiger partial charge on any atom is -0.443 e. The monoisotopic (exact) mass is 466 g/mol. The van der Waals surface area contributed by atoms with E-state index in [4.69, 9.17) is 15.7 Å². The van der Waals surface area contributed by atoms with Gasteiger partial charge in [-0.1, -0.05) is 42.5 Å². The summed E-state index contributed by atoms with van der Waals surface area (Å²) in [7, 11) is 0. The van der Waals surface area contributed by atoms with Gasteiger partial charge in [-0.05, 0) is 74.2 Å². The molecule has 3 aromatic carbocycles. The molecule has 0 saturated heterocycles. The highest BCUT2D eigenvalue weighted by Gasteiger charge is 2.32. The second kappa shape index (κ2) is 10.6. The molecule has 0 heterocycles. The Balaban J connectivity index is 1.93. The number of nitrogens with two attached hydrogens (primary N) is 1. The van der Waals surface area contributed by atoms with Gasteiger partial charge in [-0.3, -0.25) is 4.79 Å². The number of nitriles is 2. The fraction of sp³-hybridized carbons (Fsp3) is 0.214. The molecule has 0 fully saturated rings. The highest BCUT2D eigenvalue weighted by atomic mass is 16.6. The highest BCUT2D eigenvalue weighted by molar-refractivity contribution is 6.14. The summed E-state index contributed by atoms with van der Waals surface area (Å²) >= 11 is 0. The predicted molar refractivity (Wildman–Crippen MR) is 133 cm³/mol. The summed E-state index contributed by atoms with van der Waals surface area (Å²) < 4.78 is 5.49. The first-order valence-electron chi connectivity index (χ1n) is 11.0. The third-order valence-corrected chi connectivity index (χ3v) is 5.11. The summed E-state index contributed by atoms with van der Waals surface area (Å²) in [6.45, 7) is 5.13. The van der Waals surface area contributed by atoms with E-state index in [9.17, 15) is 14.9 Å². The number of rotatable bonds is 5. The zero-order valence-electron chi connectivity index (χ0n) is 19.9. The van der Waals surface area contributed by atoms with Crippen LogP contribution in [0.2, 0.25) is 0 Å². The molecule has 2 amide bonds. The SMILES string of the molecule is CC(C)(C)OC(=O)N(C(=O)[C@@H](N)Cc1cccc(C#N)c1)c1ccc(-c2ccccc2C#N)cc1. The van der Waals surface area contributed by atoms with Crippen LogP contribution in [-0.2, 0) is 16.0 Å². The van der Waals surface area contributed by atoms with Crippen molar-refractivity contribution in [1.29, 1.82) is 10.5 Å². The summed E-state index contributed by atoms with van der Waals surface area (Å²) in [4.78, 5) is 27.4. The van der Waals surface area contributed by atoms with Crippen LogP contribution in [0.5, 0.6) is 0 Å². The van der Waals surface area contributed by atoms with Gasteiger partial charge in [-0.2, -0.15) is 10.5 Å². The van der Waals surface area contributed by atoms with Crippen molar-refractivity contribution in [1.82, 2.24) is 0 Å². The van der Waals surface area contributed by atoms with Gasteiger partial charge in [-0.15, -0.1) is 0 Å². The summed E-state index contributed by atoms with van der Waals surface area (Å²) in [5, 5.41) is 18.5. The van der Waals surface area contributed by atoms with Gasteiger partial charge in [0.15, 0.2) is 0 Å². The predicted octanol–water partition coefficient (Wildman–Crippen LogP) is 4.94. The molecule has 3 rings (SSSR count). The van der Waals surface area contributed by atoms with E-state index in [0.29, 0.717) is 22.4 Å². The molecule has 0 aliphatic heterocycles. The number of amides is 2. The zero-order valence-corrected chi connectivity index (χ0v) is 19.9. The lowest BCUT2D eigenvalue weighted by Crippen LogP contribution is -2.49. The van der Waals surface area contributed by atoms with Crippen LogP contribution in [0.3, 0.4) is 0 Å². The molecule has 7 heteroatoms. The van der Waals surface area contributed by atoms with Gasteiger partial charge in [0.05, 0.1) is 35.0 Å². The lowest BCUT2D eigenvalue weighted by molar-refractivity contribution is -0.119. The number of hydrogen-bond donors (Lipinski definition) is 1. The number of benzene rings is 3. The number of hydrogen-bond acceptors (Lipinski definition) is 6. The van der Waals surface area contributed by atoms with Gasteiger partial charge in [0.25, 0.3) is 5.91 Å². The molecule has 0 spiro atoms. The Kier molecular flexibility index (Phi) is 7.66. The van der Waals surface area contributed by atoms with Gasteiger partial charge >= 0.3 is 6.09 Å². The van der Waals surface area contributed by atoms with Crippen LogP contribution in [-0.4, -0.2) is 23.6 Å². The topological polar surface area (TPSA) is 120 Å². The van der Waals surface area contributed by atoms with Crippen molar-refractivity contribution in [3.63, 3.8) is 0 Å². The van der Waals surface area contributed by atoms with Crippen molar-refractivity contribution in [2.24, 2.45) is 5.73 Å². The van der Waals surface area contributed by atoms with Gasteiger partial charge in [-0.25, -0.2) is 9.69 Å². The number of nitrogens with zero attached hydrogens (tertiary/aromatic N) is 3. The first-order valence-corrected chi connectivity index (χ1v) is 11.0. The Morgan fingerprint density at radius 1 is 0.971 bits per heavy atom. The van der Waals surface area contributed by atoms with E-state index in [1.807, 2.05) is 12.1 Å². The van der Waals surface area contributed by atoms with Gasteiger partial charge in [0.1, 0.15) is 5.60 Å². The van der Waals surface area contributed by atoms with Crippen LogP contribution < -0.4 is 10.6 Å². The Bertz CT molecular complexity index is 1310. The van der Waals surface area contributed by atoms with E-state index in [0.717, 1.165) is 16.0 Å². The lowest BCUT2D eigenvalue weighted by Gasteiger charge is -2.28. The van der Waals surface area contributed by atoms with Gasteiger partial charge in [0.2, 0.25) is 0 Å². The maximum atomic E-state index is 13.4. The largest absolute Gasteiger partial charge is 0.443 e. The fourth-order valence-corrected chi connectivity index (χ4v) is 3.53. The standard InChI is InChI=1S/C28H26N4O3/c1-28(2,3)35-27(34)32(26(33)25(31)16-19-7-6-8-20(15-19)17-29)23-13-11-21(12-14-23)24-10-5-4-9-22(24)18-30/h4-15,25H,16,31H2,1-3H3/t25-/m0/s1. The van der Waals surface area contributed by atoms with Crippen LogP contribution in [0.4, 0.5) is 10.5 Å². The number of ether oxygens (including phenoxy) is 1. The molecular formula is C28H26N4O3. The molecule has 0 aliphatic rings. The Morgan fingerprint density at radius 2 is 1.66 bits per heavy atom. The Labute approximate surface area is 205 Å². The van der Waals surface area contributed by atoms with Crippen LogP contribution in [0.1, 0.15) is 37.5 Å². The second-order valence-electron chi connectivity index (χ2n) is 8.98. The van der Waals surface area contributed by atoms with Crippen molar-refractivity contribution in [2.75, 3.05) is 4.90 Å². The Morgan fingerprint density at radius 3 is 2.29 bits per heavy atom. The summed E-state index contributed by atoms with van der Waals surface area (Å²) in [5.41, 5.74) is 8.87. The van der Waals surface area contributed by atoms with Crippen LogP contribution in [0, 0.1) is 22.7 Å². The molecule has 0 unspecified atom stereocenters. The summed E-state index contributed by atoms with van der Waals surface area (Å²) in [6.07, 6.45) is -0.699. The smallest absolute Gasteiger partial charge is 0.421 e. The molecule has 2 N–H and O–H groups in total. The average molecular weight is 467 g/mol. The molecule has 0 aromatic heterocycles. The maximum absolute atomic E-state index is 13.4. The van der Waals surface area contributed by atoms with Crippen LogP contribution >= 0.6 is 0 Å². The number of imide groups is 1. The summed E-state index contributed by atoms with van der Waals surface area (Å²) in [6, 6.07) is 23.9. The minimum atomic E-state index is -1.05. The molecule has 7 nitrogen and oxygen atoms in total. The molecular weight excluding hydrogens is 440 g/mol. The quantitative estimate of drug-likeness (QED) is 0.569. The third kappa shape index (κ3) is 6.32. The lowest BCUT2D eigenvalue weighted by atomic mass is 10.00. The van der Waals surface area contributed by atoms with E-state index in [1.165, 1.54) is 0 Å². The maximum Gasteiger partial charge on any atom is 0.421 e. The molecule has 0 saturated carbocycles. The van der Waals surface area contributed by atoms with E-state index in [-0.39, 0.29) is 6.42 Å². The number of carbonyl (C=O) groups is 2. The average Bonchev–Trinajstić information content (AvgIpc) is 2.83. The number of anilines is 1. The van der Waals surface area contributed by atoms with E-state index in [1.54, 1.807) is 81.4 Å². The third-order valence-electron chi connectivity index (χ3n) is 5.11. The summed E-state index contributed by atoms with van der Waals surface area (Å²) in [5.74, 6) is -0.633. The van der Waals surface area contributed by atoms with Gasteiger partial charge in [0, 0.05) is 0 Å². The molecule has 1 atom stereocenters. The molecule has 0 radical (unpaired) electrons. The van der Waals surface area contributed by atoms with Crippen molar-refractivity contribution in [3.05, 3.63) is 89.5 Å². The van der Waals surface area contributed by atoms with Crippen molar-refractivity contribution in [3.8, 4) is 23.3 Å². The number of carbonyl (C=O) groups excluding carboxylic acids is 2. The molecule has 35 heavy (non-hydrogen) atoms. The van der Waals surface area contributed by atoms with Crippen LogP contribution in [0.15, 0.2) is 72.8 Å². The van der Waals surface area contributed by atoms with Gasteiger partial charge < -0.3 is 10.5 Å². The zero-order chi connectivity index (χ0) is 25.6. The van der Waals surface area contributed by atoms with E-state index < -0.39 is 23.6 Å².